The monoisotopic (exact) mass is 1850 g/mol. The second kappa shape index (κ2) is 36.9. The Morgan fingerprint density at radius 2 is 0.962 bits per heavy atom. The minimum Gasteiger partial charge on any atom is -0.774 e. The number of hydrogen-bond acceptors (Lipinski definition) is 10. The molecule has 132 heavy (non-hydrogen) atoms. The van der Waals surface area contributed by atoms with Crippen LogP contribution >= 0.6 is 8.58 Å². The zero-order chi connectivity index (χ0) is 87.9. The van der Waals surface area contributed by atoms with E-state index in [2.05, 4.69) is 347 Å². The van der Waals surface area contributed by atoms with Crippen molar-refractivity contribution in [1.29, 1.82) is 0 Å². The standard InChI is InChI=1S/C34H35N2.C23H20N4.C17H14N2O.C17H20NP.C14H12N.C10H11N3.2Cu/c1-3-11-23(12-4-1)26-17-10-18-27(24-13-5-2-6-14-24)33(26)31-22-35-21-25-15-9-19-29-28-16-7-8-20-30(28)36(31)34(35)32(25)29;1-24-14-8-3-5-10-16(14)26-18-12-7-13-19-20(18)21(22(24)26)23-25(2)15-9-4-6-11-17(15)27(19)23;1-18-8-9-19-15(18)10-11-6-7-13-12-4-2-3-5-14(12)20-17(13)16(11)19;1-13(2)12-19-17-11-7-6-10-16(17)18-15-9-5-4-8-14(15)3;1-11-7-3-5-9-13(11)15-14-10-6-4-8-12(14)2;1-11-6-7-12-10-5-3-2-4-9(10)8-13(11)12;;/h7-10,15-20,22-24H,1-6,11-14,21H2;3-13,21-23H,1-2H3;2-9,15H,10H2,1H3;4-11,13,19H,3,12H2,1-2H3;3-10H,1-2H2;2-7H,8H2,1H3;;/q+1;;;-2;-3;;;. The summed E-state index contributed by atoms with van der Waals surface area (Å²) in [5, 5.41) is 23.7. The van der Waals surface area contributed by atoms with Crippen LogP contribution in [0.25, 0.3) is 71.2 Å². The first-order valence-electron chi connectivity index (χ1n) is 46.8. The van der Waals surface area contributed by atoms with Crippen molar-refractivity contribution in [2.24, 2.45) is 5.92 Å². The van der Waals surface area contributed by atoms with Gasteiger partial charge in [-0.05, 0) is 132 Å². The van der Waals surface area contributed by atoms with Crippen molar-refractivity contribution < 1.29 is 43.1 Å². The summed E-state index contributed by atoms with van der Waals surface area (Å²) in [6.07, 6.45) is 28.0. The first kappa shape index (κ1) is 87.4. The number of imidazole rings is 1. The summed E-state index contributed by atoms with van der Waals surface area (Å²) in [6.45, 7) is 18.4. The number of rotatable bonds is 10. The van der Waals surface area contributed by atoms with E-state index in [4.69, 9.17) is 9.73 Å². The second-order valence-electron chi connectivity index (χ2n) is 37.0. The summed E-state index contributed by atoms with van der Waals surface area (Å²) in [6, 6.07) is 101. The molecule has 4 atom stereocenters. The number of pyridine rings is 1. The van der Waals surface area contributed by atoms with Gasteiger partial charge in [0.05, 0.1) is 52.0 Å². The summed E-state index contributed by atoms with van der Waals surface area (Å²) >= 11 is 0. The molecule has 674 valence electrons. The van der Waals surface area contributed by atoms with Crippen molar-refractivity contribution in [3.8, 4) is 11.3 Å². The molecule has 0 spiro atoms. The number of hydrogen-bond donors (Lipinski definition) is 0. The molecule has 11 aliphatic rings. The summed E-state index contributed by atoms with van der Waals surface area (Å²) < 4.78 is 11.3. The van der Waals surface area contributed by atoms with E-state index in [9.17, 15) is 0 Å². The van der Waals surface area contributed by atoms with E-state index in [1.54, 1.807) is 16.7 Å². The van der Waals surface area contributed by atoms with Crippen molar-refractivity contribution in [3.05, 3.63) is 398 Å². The molecular formula is C115H112Cu2N13OP-4. The fourth-order valence-electron chi connectivity index (χ4n) is 22.5. The Hall–Kier alpha value is -12.6. The van der Waals surface area contributed by atoms with Crippen LogP contribution in [0.1, 0.15) is 146 Å². The minimum absolute atomic E-state index is 0. The van der Waals surface area contributed by atoms with E-state index in [0.29, 0.717) is 36.3 Å². The van der Waals surface area contributed by atoms with Gasteiger partial charge in [0, 0.05) is 143 Å². The van der Waals surface area contributed by atoms with Gasteiger partial charge in [-0.25, -0.2) is 42.0 Å². The predicted molar refractivity (Wildman–Crippen MR) is 544 cm³/mol. The smallest absolute Gasteiger partial charge is 0.295 e. The second-order valence-corrected chi connectivity index (χ2v) is 38.3. The van der Waals surface area contributed by atoms with Crippen LogP contribution in [0.5, 0.6) is 0 Å². The number of hydrazine groups is 2. The van der Waals surface area contributed by atoms with Gasteiger partial charge >= 0.3 is 0 Å². The van der Waals surface area contributed by atoms with Crippen molar-refractivity contribution in [2.75, 3.05) is 63.9 Å². The Labute approximate surface area is 800 Å². The number of aromatic nitrogens is 2. The number of furan rings is 1. The van der Waals surface area contributed by atoms with E-state index in [1.165, 1.54) is 187 Å². The van der Waals surface area contributed by atoms with E-state index < -0.39 is 0 Å². The van der Waals surface area contributed by atoms with Gasteiger partial charge in [0.25, 0.3) is 5.65 Å². The number of nitrogens with zero attached hydrogens (tertiary/aromatic N) is 13. The first-order valence-corrected chi connectivity index (χ1v) is 48.0. The quantitative estimate of drug-likeness (QED) is 0.0434. The maximum Gasteiger partial charge on any atom is 0.295 e. The third-order valence-corrected chi connectivity index (χ3v) is 30.5. The molecule has 13 aromatic carbocycles. The van der Waals surface area contributed by atoms with E-state index in [0.717, 1.165) is 84.6 Å². The molecule has 0 saturated heterocycles. The topological polar surface area (TPSA) is 78.8 Å². The normalized spacial score (nSPS) is 18.1. The summed E-state index contributed by atoms with van der Waals surface area (Å²) in [4.78, 5) is 14.7. The maximum absolute atomic E-state index is 6.14. The van der Waals surface area contributed by atoms with Crippen LogP contribution in [-0.4, -0.2) is 72.3 Å². The van der Waals surface area contributed by atoms with Gasteiger partial charge < -0.3 is 44.5 Å². The molecule has 27 rings (SSSR count). The molecule has 16 aromatic rings. The Balaban J connectivity index is 0.000000102. The zero-order valence-electron chi connectivity index (χ0n) is 75.9. The van der Waals surface area contributed by atoms with Gasteiger partial charge in [-0.15, -0.1) is 47.2 Å². The van der Waals surface area contributed by atoms with Crippen molar-refractivity contribution >= 4 is 131 Å². The molecule has 2 radical (unpaired) electrons. The van der Waals surface area contributed by atoms with Crippen LogP contribution < -0.4 is 39.4 Å². The largest absolute Gasteiger partial charge is 0.774 e. The van der Waals surface area contributed by atoms with Gasteiger partial charge in [-0.1, -0.05) is 237 Å². The van der Waals surface area contributed by atoms with Crippen LogP contribution in [-0.2, 0) is 53.6 Å². The number of likely N-dealkylation sites (N-methyl/N-ethyl adjacent to an activating group) is 3. The van der Waals surface area contributed by atoms with Gasteiger partial charge in [0.1, 0.15) is 42.3 Å². The molecule has 0 bridgehead atoms. The molecule has 0 amide bonds. The molecule has 14 nitrogen and oxygen atoms in total. The maximum atomic E-state index is 6.14. The zero-order valence-corrected chi connectivity index (χ0v) is 78.8. The average Bonchev–Trinajstić information content (AvgIpc) is 1.51. The minimum atomic E-state index is 0. The Bertz CT molecular complexity index is 6900. The third kappa shape index (κ3) is 15.5. The molecule has 2 aliphatic carbocycles. The van der Waals surface area contributed by atoms with E-state index in [1.807, 2.05) is 91.0 Å². The van der Waals surface area contributed by atoms with Crippen LogP contribution in [0.3, 0.4) is 0 Å². The molecule has 17 heteroatoms. The van der Waals surface area contributed by atoms with Gasteiger partial charge in [0.15, 0.2) is 11.3 Å². The Morgan fingerprint density at radius 3 is 1.58 bits per heavy atom. The Kier molecular flexibility index (Phi) is 24.4. The molecule has 2 saturated carbocycles. The fourth-order valence-corrected chi connectivity index (χ4v) is 23.6. The van der Waals surface area contributed by atoms with Gasteiger partial charge in [-0.2, -0.15) is 22.6 Å². The molecule has 9 aliphatic heterocycles. The summed E-state index contributed by atoms with van der Waals surface area (Å²) in [5.41, 5.74) is 34.0. The predicted octanol–water partition coefficient (Wildman–Crippen LogP) is 28.1. The number of anilines is 8. The Morgan fingerprint density at radius 1 is 0.455 bits per heavy atom. The molecule has 12 heterocycles. The van der Waals surface area contributed by atoms with Crippen LogP contribution in [0, 0.1) is 26.7 Å². The third-order valence-electron chi connectivity index (χ3n) is 28.7. The molecular weight excluding hydrogens is 1740 g/mol. The first-order chi connectivity index (χ1) is 63.8. The average molecular weight is 1850 g/mol. The van der Waals surface area contributed by atoms with Crippen molar-refractivity contribution in [3.63, 3.8) is 0 Å². The summed E-state index contributed by atoms with van der Waals surface area (Å²) in [5.74, 6) is 2.54. The number of benzene rings is 13. The summed E-state index contributed by atoms with van der Waals surface area (Å²) in [7, 11) is 9.50. The van der Waals surface area contributed by atoms with Crippen molar-refractivity contribution in [2.45, 2.75) is 134 Å². The van der Waals surface area contributed by atoms with E-state index >= 15 is 0 Å². The van der Waals surface area contributed by atoms with Gasteiger partial charge in [-0.3, -0.25) is 27.1 Å². The molecule has 4 unspecified atom stereocenters. The molecule has 3 aromatic heterocycles. The van der Waals surface area contributed by atoms with Crippen LogP contribution in [0.15, 0.2) is 321 Å². The number of para-hydroxylation sites is 11. The number of fused-ring (bicyclic) bond motifs is 23. The van der Waals surface area contributed by atoms with Crippen molar-refractivity contribution in [1.82, 2.24) is 19.4 Å². The fraction of sp³-hybridized carbons (Fsp3) is 0.235. The SMILES string of the molecule is CN1C=CN2c3c(ccc4c3oc3ccccc34)CC12.CN1C=CN2c3ccccc3CN12.CN1c2ccccc2N2c3cccc4c3C(C12)C1N(C)c2ccccc2N41.[CH2-]c1ccccc1[N-]c1ccccc1PCC(C)C.[CH2-]c1ccccc1[N-]c1ccccc1[CH2-].[Cu].[Cu].c1cc(C2CCCCC2)c(-c2c[n+]3c4c5c(cccc5c5ccccc5n24)C3)c(C2CCCCC2)c1. The molecule has 2 fully saturated rings. The molecule has 0 N–H and O–H groups in total. The van der Waals surface area contributed by atoms with Crippen LogP contribution in [0.4, 0.5) is 68.2 Å². The van der Waals surface area contributed by atoms with E-state index in [-0.39, 0.29) is 34.1 Å². The van der Waals surface area contributed by atoms with Gasteiger partial charge in [0.2, 0.25) is 0 Å². The van der Waals surface area contributed by atoms with Crippen LogP contribution in [0.2, 0.25) is 0 Å².